The molecule has 1 aromatic rings. The predicted octanol–water partition coefficient (Wildman–Crippen LogP) is 0.649. The van der Waals surface area contributed by atoms with E-state index in [1.807, 2.05) is 11.8 Å². The van der Waals surface area contributed by atoms with Crippen LogP contribution in [-0.2, 0) is 4.74 Å². The van der Waals surface area contributed by atoms with Gasteiger partial charge in [0.1, 0.15) is 0 Å². The molecule has 0 saturated carbocycles. The molecule has 1 aliphatic rings. The highest BCUT2D eigenvalue weighted by Crippen LogP contribution is 2.09. The van der Waals surface area contributed by atoms with Gasteiger partial charge >= 0.3 is 0 Å². The van der Waals surface area contributed by atoms with Crippen LogP contribution < -0.4 is 5.32 Å². The fourth-order valence-corrected chi connectivity index (χ4v) is 2.35. The highest BCUT2D eigenvalue weighted by atomic mass is 16.5. The van der Waals surface area contributed by atoms with Crippen LogP contribution in [0.2, 0.25) is 0 Å². The molecule has 122 valence electrons. The van der Waals surface area contributed by atoms with Crippen molar-refractivity contribution in [1.82, 2.24) is 15.1 Å². The van der Waals surface area contributed by atoms with Crippen LogP contribution >= 0.6 is 0 Å². The van der Waals surface area contributed by atoms with Crippen LogP contribution in [0, 0.1) is 0 Å². The fourth-order valence-electron chi connectivity index (χ4n) is 2.35. The third-order valence-corrected chi connectivity index (χ3v) is 3.49. The molecule has 2 heterocycles. The van der Waals surface area contributed by atoms with Gasteiger partial charge in [0.05, 0.1) is 19.4 Å². The number of piperazine rings is 1. The average molecular weight is 308 g/mol. The van der Waals surface area contributed by atoms with Crippen LogP contribution in [0.15, 0.2) is 27.8 Å². The van der Waals surface area contributed by atoms with Gasteiger partial charge in [0.15, 0.2) is 11.7 Å². The van der Waals surface area contributed by atoms with Crippen molar-refractivity contribution in [2.24, 2.45) is 4.99 Å². The molecule has 1 N–H and O–H groups in total. The van der Waals surface area contributed by atoms with E-state index in [4.69, 9.17) is 9.15 Å². The van der Waals surface area contributed by atoms with E-state index in [-0.39, 0.29) is 5.91 Å². The summed E-state index contributed by atoms with van der Waals surface area (Å²) in [5.41, 5.74) is 0. The molecule has 7 nitrogen and oxygen atoms in total. The summed E-state index contributed by atoms with van der Waals surface area (Å²) < 4.78 is 10.2. The van der Waals surface area contributed by atoms with Gasteiger partial charge in [0.2, 0.25) is 0 Å². The minimum Gasteiger partial charge on any atom is -0.459 e. The molecule has 0 radical (unpaired) electrons. The Morgan fingerprint density at radius 1 is 1.36 bits per heavy atom. The maximum absolute atomic E-state index is 12.2. The van der Waals surface area contributed by atoms with E-state index in [2.05, 4.69) is 15.2 Å². The van der Waals surface area contributed by atoms with Crippen molar-refractivity contribution in [3.63, 3.8) is 0 Å². The first kappa shape index (κ1) is 16.4. The summed E-state index contributed by atoms with van der Waals surface area (Å²) in [7, 11) is 1.67. The second kappa shape index (κ2) is 8.43. The summed E-state index contributed by atoms with van der Waals surface area (Å²) >= 11 is 0. The number of rotatable bonds is 5. The third kappa shape index (κ3) is 4.24. The largest absolute Gasteiger partial charge is 0.459 e. The predicted molar refractivity (Wildman–Crippen MR) is 84.0 cm³/mol. The van der Waals surface area contributed by atoms with E-state index >= 15 is 0 Å². The van der Waals surface area contributed by atoms with Crippen LogP contribution in [0.5, 0.6) is 0 Å². The van der Waals surface area contributed by atoms with Crippen LogP contribution in [0.4, 0.5) is 0 Å². The van der Waals surface area contributed by atoms with Gasteiger partial charge in [0, 0.05) is 39.8 Å². The molecule has 0 unspecified atom stereocenters. The first-order valence-corrected chi connectivity index (χ1v) is 7.61. The van der Waals surface area contributed by atoms with Gasteiger partial charge in [-0.05, 0) is 19.1 Å². The number of aliphatic imine (C=N–C) groups is 1. The molecule has 0 bridgehead atoms. The lowest BCUT2D eigenvalue weighted by Gasteiger charge is -2.36. The highest BCUT2D eigenvalue weighted by Gasteiger charge is 2.24. The monoisotopic (exact) mass is 308 g/mol. The van der Waals surface area contributed by atoms with Crippen molar-refractivity contribution in [2.75, 3.05) is 53.0 Å². The number of carbonyl (C=O) groups is 1. The lowest BCUT2D eigenvalue weighted by atomic mass is 10.3. The Balaban J connectivity index is 1.89. The maximum Gasteiger partial charge on any atom is 0.289 e. The molecule has 2 rings (SSSR count). The molecule has 1 aromatic heterocycles. The van der Waals surface area contributed by atoms with Gasteiger partial charge in [-0.25, -0.2) is 0 Å². The third-order valence-electron chi connectivity index (χ3n) is 3.49. The van der Waals surface area contributed by atoms with Crippen molar-refractivity contribution < 1.29 is 13.9 Å². The normalized spacial score (nSPS) is 16.0. The summed E-state index contributed by atoms with van der Waals surface area (Å²) in [5.74, 6) is 1.23. The SMILES string of the molecule is CCNC(=NCCOC)N1CCN(C(=O)c2ccco2)CC1. The summed E-state index contributed by atoms with van der Waals surface area (Å²) in [6, 6.07) is 3.43. The number of furan rings is 1. The van der Waals surface area contributed by atoms with E-state index in [9.17, 15) is 4.79 Å². The molecule has 1 amide bonds. The van der Waals surface area contributed by atoms with Crippen molar-refractivity contribution in [2.45, 2.75) is 6.92 Å². The average Bonchev–Trinajstić information content (AvgIpc) is 3.08. The Kier molecular flexibility index (Phi) is 6.27. The van der Waals surface area contributed by atoms with Gasteiger partial charge in [-0.2, -0.15) is 0 Å². The number of guanidine groups is 1. The maximum atomic E-state index is 12.2. The van der Waals surface area contributed by atoms with Crippen LogP contribution in [-0.4, -0.2) is 74.7 Å². The van der Waals surface area contributed by atoms with E-state index in [1.165, 1.54) is 6.26 Å². The smallest absolute Gasteiger partial charge is 0.289 e. The Bertz CT molecular complexity index is 479. The minimum absolute atomic E-state index is 0.0500. The van der Waals surface area contributed by atoms with E-state index in [0.717, 1.165) is 25.6 Å². The lowest BCUT2D eigenvalue weighted by molar-refractivity contribution is 0.0657. The molecule has 7 heteroatoms. The molecule has 0 spiro atoms. The van der Waals surface area contributed by atoms with Crippen molar-refractivity contribution in [3.05, 3.63) is 24.2 Å². The van der Waals surface area contributed by atoms with Crippen LogP contribution in [0.3, 0.4) is 0 Å². The zero-order valence-corrected chi connectivity index (χ0v) is 13.2. The first-order chi connectivity index (χ1) is 10.8. The number of amides is 1. The van der Waals surface area contributed by atoms with Crippen LogP contribution in [0.25, 0.3) is 0 Å². The number of carbonyl (C=O) groups excluding carboxylic acids is 1. The minimum atomic E-state index is -0.0500. The molecule has 0 atom stereocenters. The highest BCUT2D eigenvalue weighted by molar-refractivity contribution is 5.91. The number of nitrogens with one attached hydrogen (secondary N) is 1. The van der Waals surface area contributed by atoms with Gasteiger partial charge < -0.3 is 24.3 Å². The van der Waals surface area contributed by atoms with Crippen molar-refractivity contribution in [3.8, 4) is 0 Å². The van der Waals surface area contributed by atoms with Gasteiger partial charge in [-0.15, -0.1) is 0 Å². The number of methoxy groups -OCH3 is 1. The summed E-state index contributed by atoms with van der Waals surface area (Å²) in [4.78, 5) is 20.7. The quantitative estimate of drug-likeness (QED) is 0.491. The summed E-state index contributed by atoms with van der Waals surface area (Å²) in [5, 5.41) is 3.28. The van der Waals surface area contributed by atoms with Crippen molar-refractivity contribution >= 4 is 11.9 Å². The zero-order valence-electron chi connectivity index (χ0n) is 13.2. The standard InChI is InChI=1S/C15H24N4O3/c1-3-16-15(17-6-12-21-2)19-9-7-18(8-10-19)14(20)13-5-4-11-22-13/h4-5,11H,3,6-10,12H2,1-2H3,(H,16,17). The summed E-state index contributed by atoms with van der Waals surface area (Å²) in [6.45, 7) is 6.93. The molecule has 1 fully saturated rings. The van der Waals surface area contributed by atoms with E-state index in [1.54, 1.807) is 19.2 Å². The van der Waals surface area contributed by atoms with Gasteiger partial charge in [-0.3, -0.25) is 9.79 Å². The lowest BCUT2D eigenvalue weighted by Crippen LogP contribution is -2.53. The number of ether oxygens (including phenoxy) is 1. The first-order valence-electron chi connectivity index (χ1n) is 7.61. The second-order valence-corrected chi connectivity index (χ2v) is 4.99. The van der Waals surface area contributed by atoms with Crippen LogP contribution in [0.1, 0.15) is 17.5 Å². The van der Waals surface area contributed by atoms with E-state index in [0.29, 0.717) is 32.0 Å². The molecule has 0 aliphatic carbocycles. The molecular weight excluding hydrogens is 284 g/mol. The number of hydrogen-bond acceptors (Lipinski definition) is 4. The molecule has 1 aliphatic heterocycles. The summed E-state index contributed by atoms with van der Waals surface area (Å²) in [6.07, 6.45) is 1.52. The Labute approximate surface area is 130 Å². The Morgan fingerprint density at radius 2 is 2.09 bits per heavy atom. The molecular formula is C15H24N4O3. The van der Waals surface area contributed by atoms with E-state index < -0.39 is 0 Å². The van der Waals surface area contributed by atoms with Gasteiger partial charge in [-0.1, -0.05) is 0 Å². The molecule has 1 saturated heterocycles. The number of hydrogen-bond donors (Lipinski definition) is 1. The topological polar surface area (TPSA) is 70.3 Å². The van der Waals surface area contributed by atoms with Crippen molar-refractivity contribution in [1.29, 1.82) is 0 Å². The fraction of sp³-hybridized carbons (Fsp3) is 0.600. The molecule has 0 aromatic carbocycles. The second-order valence-electron chi connectivity index (χ2n) is 4.99. The Hall–Kier alpha value is -2.02. The molecule has 22 heavy (non-hydrogen) atoms. The zero-order chi connectivity index (χ0) is 15.8. The van der Waals surface area contributed by atoms with Gasteiger partial charge in [0.25, 0.3) is 5.91 Å². The Morgan fingerprint density at radius 3 is 2.68 bits per heavy atom. The number of nitrogens with zero attached hydrogens (tertiary/aromatic N) is 3.